The number of hydrogen-bond acceptors (Lipinski definition) is 5. The molecular formula is C21H23N5O2. The zero-order valence-corrected chi connectivity index (χ0v) is 15.8. The molecule has 1 aliphatic heterocycles. The number of aromatic nitrogens is 4. The number of carbonyl (C=O) groups is 1. The van der Waals surface area contributed by atoms with Crippen LogP contribution in [-0.2, 0) is 19.5 Å². The lowest BCUT2D eigenvalue weighted by Gasteiger charge is -2.16. The molecule has 1 atom stereocenters. The number of rotatable bonds is 7. The van der Waals surface area contributed by atoms with Crippen molar-refractivity contribution in [2.75, 3.05) is 6.54 Å². The molecule has 0 unspecified atom stereocenters. The third kappa shape index (κ3) is 3.66. The van der Waals surface area contributed by atoms with Gasteiger partial charge in [-0.05, 0) is 30.2 Å². The maximum Gasteiger partial charge on any atom is 0.254 e. The van der Waals surface area contributed by atoms with Gasteiger partial charge in [0, 0.05) is 43.0 Å². The third-order valence-electron chi connectivity index (χ3n) is 5.04. The minimum atomic E-state index is -0.483. The third-order valence-corrected chi connectivity index (χ3v) is 5.04. The van der Waals surface area contributed by atoms with Crippen LogP contribution in [0.2, 0.25) is 0 Å². The van der Waals surface area contributed by atoms with Crippen LogP contribution in [0.15, 0.2) is 48.8 Å². The van der Waals surface area contributed by atoms with E-state index in [2.05, 4.69) is 15.1 Å². The van der Waals surface area contributed by atoms with E-state index in [0.29, 0.717) is 38.3 Å². The summed E-state index contributed by atoms with van der Waals surface area (Å²) in [4.78, 5) is 23.1. The highest BCUT2D eigenvalue weighted by molar-refractivity contribution is 5.98. The molecule has 0 fully saturated rings. The van der Waals surface area contributed by atoms with E-state index in [1.165, 1.54) is 0 Å². The van der Waals surface area contributed by atoms with E-state index in [4.69, 9.17) is 0 Å². The Morgan fingerprint density at radius 3 is 2.71 bits per heavy atom. The lowest BCUT2D eigenvalue weighted by molar-refractivity contribution is 0.0778. The summed E-state index contributed by atoms with van der Waals surface area (Å²) in [6.45, 7) is 3.51. The molecule has 0 saturated heterocycles. The second-order valence-corrected chi connectivity index (χ2v) is 6.97. The van der Waals surface area contributed by atoms with Crippen LogP contribution in [0.3, 0.4) is 0 Å². The van der Waals surface area contributed by atoms with Crippen LogP contribution in [0, 0.1) is 0 Å². The van der Waals surface area contributed by atoms with Crippen LogP contribution in [0.4, 0.5) is 0 Å². The highest BCUT2D eigenvalue weighted by Crippen LogP contribution is 2.23. The molecule has 4 rings (SSSR count). The molecule has 7 nitrogen and oxygen atoms in total. The molecule has 7 heteroatoms. The van der Waals surface area contributed by atoms with Crippen molar-refractivity contribution in [2.24, 2.45) is 0 Å². The number of aliphatic hydroxyl groups is 1. The summed E-state index contributed by atoms with van der Waals surface area (Å²) in [6.07, 6.45) is 4.15. The first-order valence-corrected chi connectivity index (χ1v) is 9.55. The minimum Gasteiger partial charge on any atom is -0.391 e. The van der Waals surface area contributed by atoms with E-state index >= 15 is 0 Å². The normalized spacial score (nSPS) is 14.4. The fourth-order valence-corrected chi connectivity index (χ4v) is 3.39. The molecule has 1 aromatic carbocycles. The highest BCUT2D eigenvalue weighted by Gasteiger charge is 2.27. The van der Waals surface area contributed by atoms with E-state index in [0.717, 1.165) is 22.5 Å². The average Bonchev–Trinajstić information content (AvgIpc) is 3.28. The van der Waals surface area contributed by atoms with Crippen molar-refractivity contribution in [1.29, 1.82) is 0 Å². The van der Waals surface area contributed by atoms with Gasteiger partial charge in [0.15, 0.2) is 5.82 Å². The zero-order valence-electron chi connectivity index (χ0n) is 15.8. The molecule has 0 radical (unpaired) electrons. The Kier molecular flexibility index (Phi) is 5.16. The number of pyridine rings is 1. The number of carbonyl (C=O) groups excluding carboxylic acids is 1. The number of fused-ring (bicyclic) bond motifs is 1. The molecule has 0 spiro atoms. The molecule has 2 aromatic heterocycles. The Bertz CT molecular complexity index is 970. The van der Waals surface area contributed by atoms with Crippen LogP contribution in [0.25, 0.3) is 11.4 Å². The summed E-state index contributed by atoms with van der Waals surface area (Å²) in [5.74, 6) is 1.43. The molecule has 0 saturated carbocycles. The number of benzene rings is 1. The van der Waals surface area contributed by atoms with Crippen molar-refractivity contribution < 1.29 is 9.90 Å². The molecule has 3 aromatic rings. The van der Waals surface area contributed by atoms with E-state index < -0.39 is 6.10 Å². The first kappa shape index (κ1) is 18.3. The maximum absolute atomic E-state index is 12.6. The largest absolute Gasteiger partial charge is 0.391 e. The molecule has 3 heterocycles. The quantitative estimate of drug-likeness (QED) is 0.683. The van der Waals surface area contributed by atoms with Gasteiger partial charge in [-0.15, -0.1) is 0 Å². The van der Waals surface area contributed by atoms with E-state index in [-0.39, 0.29) is 5.91 Å². The van der Waals surface area contributed by atoms with E-state index in [9.17, 15) is 9.90 Å². The predicted octanol–water partition coefficient (Wildman–Crippen LogP) is 2.31. The Balaban J connectivity index is 1.53. The molecule has 1 amide bonds. The molecule has 144 valence electrons. The Labute approximate surface area is 163 Å². The highest BCUT2D eigenvalue weighted by atomic mass is 16.3. The molecule has 0 bridgehead atoms. The molecular weight excluding hydrogens is 354 g/mol. The Hall–Kier alpha value is -3.06. The summed E-state index contributed by atoms with van der Waals surface area (Å²) in [6, 6.07) is 11.4. The number of aliphatic hydroxyl groups excluding tert-OH is 1. The van der Waals surface area contributed by atoms with Crippen molar-refractivity contribution in [3.8, 4) is 11.4 Å². The van der Waals surface area contributed by atoms with Crippen molar-refractivity contribution in [3.63, 3.8) is 0 Å². The van der Waals surface area contributed by atoms with Crippen molar-refractivity contribution >= 4 is 5.91 Å². The standard InChI is InChI=1S/C21H23N5O2/c1-2-17(27)14-26-19(23-20(24-26)15-7-10-22-11-8-15)9-12-25-13-16-5-3-4-6-18(16)21(25)28/h3-8,10-11,17,27H,2,9,12-14H2,1H3/t17-/m0/s1. The van der Waals surface area contributed by atoms with Gasteiger partial charge in [-0.2, -0.15) is 5.10 Å². The SMILES string of the molecule is CC[C@H](O)Cn1nc(-c2ccncc2)nc1CCN1Cc2ccccc2C1=O. The first-order valence-electron chi connectivity index (χ1n) is 9.55. The lowest BCUT2D eigenvalue weighted by atomic mass is 10.1. The van der Waals surface area contributed by atoms with Gasteiger partial charge < -0.3 is 10.0 Å². The van der Waals surface area contributed by atoms with Crippen LogP contribution >= 0.6 is 0 Å². The topological polar surface area (TPSA) is 84.1 Å². The van der Waals surface area contributed by atoms with Gasteiger partial charge in [-0.3, -0.25) is 9.78 Å². The van der Waals surface area contributed by atoms with E-state index in [1.54, 1.807) is 17.1 Å². The number of amides is 1. The first-order chi connectivity index (χ1) is 13.7. The van der Waals surface area contributed by atoms with Gasteiger partial charge in [0.1, 0.15) is 5.82 Å². The predicted molar refractivity (Wildman–Crippen MR) is 104 cm³/mol. The fraction of sp³-hybridized carbons (Fsp3) is 0.333. The Morgan fingerprint density at radius 1 is 1.18 bits per heavy atom. The monoisotopic (exact) mass is 377 g/mol. The van der Waals surface area contributed by atoms with Gasteiger partial charge in [0.25, 0.3) is 5.91 Å². The van der Waals surface area contributed by atoms with Crippen LogP contribution < -0.4 is 0 Å². The zero-order chi connectivity index (χ0) is 19.5. The summed E-state index contributed by atoms with van der Waals surface area (Å²) >= 11 is 0. The fourth-order valence-electron chi connectivity index (χ4n) is 3.39. The van der Waals surface area contributed by atoms with E-state index in [1.807, 2.05) is 48.2 Å². The Morgan fingerprint density at radius 2 is 1.96 bits per heavy atom. The smallest absolute Gasteiger partial charge is 0.254 e. The van der Waals surface area contributed by atoms with Crippen molar-refractivity contribution in [2.45, 2.75) is 39.0 Å². The number of nitrogens with zero attached hydrogens (tertiary/aromatic N) is 5. The average molecular weight is 377 g/mol. The second-order valence-electron chi connectivity index (χ2n) is 6.97. The summed E-state index contributed by atoms with van der Waals surface area (Å²) in [5, 5.41) is 14.7. The van der Waals surface area contributed by atoms with Gasteiger partial charge in [0.05, 0.1) is 12.6 Å². The summed E-state index contributed by atoms with van der Waals surface area (Å²) in [7, 11) is 0. The summed E-state index contributed by atoms with van der Waals surface area (Å²) in [5.41, 5.74) is 2.72. The lowest BCUT2D eigenvalue weighted by Crippen LogP contribution is -2.27. The van der Waals surface area contributed by atoms with Crippen molar-refractivity contribution in [3.05, 3.63) is 65.7 Å². The van der Waals surface area contributed by atoms with Crippen LogP contribution in [0.1, 0.15) is 35.1 Å². The molecule has 28 heavy (non-hydrogen) atoms. The van der Waals surface area contributed by atoms with Gasteiger partial charge in [-0.25, -0.2) is 9.67 Å². The van der Waals surface area contributed by atoms with Gasteiger partial charge in [0.2, 0.25) is 0 Å². The molecule has 1 N–H and O–H groups in total. The minimum absolute atomic E-state index is 0.0598. The van der Waals surface area contributed by atoms with Crippen LogP contribution in [0.5, 0.6) is 0 Å². The molecule has 1 aliphatic rings. The summed E-state index contributed by atoms with van der Waals surface area (Å²) < 4.78 is 1.76. The van der Waals surface area contributed by atoms with Crippen molar-refractivity contribution in [1.82, 2.24) is 24.6 Å². The molecule has 0 aliphatic carbocycles. The number of hydrogen-bond donors (Lipinski definition) is 1. The second kappa shape index (κ2) is 7.90. The van der Waals surface area contributed by atoms with Gasteiger partial charge >= 0.3 is 0 Å². The van der Waals surface area contributed by atoms with Crippen LogP contribution in [-0.4, -0.2) is 48.3 Å². The van der Waals surface area contributed by atoms with Gasteiger partial charge in [-0.1, -0.05) is 25.1 Å². The maximum atomic E-state index is 12.6.